The molecule has 2 N–H and O–H groups in total. The van der Waals surface area contributed by atoms with Crippen LogP contribution < -0.4 is 15.4 Å². The molecule has 2 rings (SSSR count). The molecule has 7 nitrogen and oxygen atoms in total. The van der Waals surface area contributed by atoms with Crippen molar-refractivity contribution in [2.45, 2.75) is 6.42 Å². The Bertz CT molecular complexity index is 798. The molecule has 0 aliphatic rings. The van der Waals surface area contributed by atoms with Gasteiger partial charge in [-0.2, -0.15) is 0 Å². The molecule has 8 heteroatoms. The van der Waals surface area contributed by atoms with Gasteiger partial charge >= 0.3 is 5.97 Å². The number of nitrogens with one attached hydrogen (secondary N) is 2. The summed E-state index contributed by atoms with van der Waals surface area (Å²) in [5.41, 5.74) is 0.991. The first kappa shape index (κ1) is 21.2. The zero-order valence-electron chi connectivity index (χ0n) is 15.2. The first-order valence-electron chi connectivity index (χ1n) is 8.64. The van der Waals surface area contributed by atoms with E-state index in [1.807, 2.05) is 24.3 Å². The molecule has 2 aromatic carbocycles. The van der Waals surface area contributed by atoms with Crippen LogP contribution in [0.15, 0.2) is 54.6 Å². The Kier molecular flexibility index (Phi) is 8.81. The lowest BCUT2D eigenvalue weighted by Crippen LogP contribution is -2.36. The smallest absolute Gasteiger partial charge is 0.325 e. The van der Waals surface area contributed by atoms with E-state index in [-0.39, 0.29) is 13.2 Å². The van der Waals surface area contributed by atoms with Crippen LogP contribution in [0.25, 0.3) is 0 Å². The fourth-order valence-electron chi connectivity index (χ4n) is 2.17. The van der Waals surface area contributed by atoms with Crippen LogP contribution in [0.4, 0.5) is 0 Å². The van der Waals surface area contributed by atoms with Gasteiger partial charge in [0.15, 0.2) is 13.2 Å². The summed E-state index contributed by atoms with van der Waals surface area (Å²) in [5.74, 6) is -1.05. The summed E-state index contributed by atoms with van der Waals surface area (Å²) >= 11 is 5.89. The van der Waals surface area contributed by atoms with Crippen LogP contribution in [-0.2, 0) is 25.5 Å². The Hall–Kier alpha value is -3.06. The summed E-state index contributed by atoms with van der Waals surface area (Å²) in [5, 5.41) is 5.64. The van der Waals surface area contributed by atoms with E-state index in [2.05, 4.69) is 10.6 Å². The van der Waals surface area contributed by atoms with Crippen molar-refractivity contribution in [3.63, 3.8) is 0 Å². The third kappa shape index (κ3) is 8.55. The number of carbonyl (C=O) groups is 3. The van der Waals surface area contributed by atoms with Gasteiger partial charge in [0.05, 0.1) is 0 Å². The second kappa shape index (κ2) is 11.6. The van der Waals surface area contributed by atoms with Crippen molar-refractivity contribution in [1.82, 2.24) is 10.6 Å². The van der Waals surface area contributed by atoms with Crippen molar-refractivity contribution in [2.75, 3.05) is 26.3 Å². The van der Waals surface area contributed by atoms with E-state index >= 15 is 0 Å². The predicted molar refractivity (Wildman–Crippen MR) is 104 cm³/mol. The largest absolute Gasteiger partial charge is 0.484 e. The molecule has 2 aromatic rings. The number of benzene rings is 2. The average Bonchev–Trinajstić information content (AvgIpc) is 2.70. The Balaban J connectivity index is 1.54. The number of hydrogen-bond acceptors (Lipinski definition) is 5. The molecule has 0 radical (unpaired) electrons. The predicted octanol–water partition coefficient (Wildman–Crippen LogP) is 1.74. The van der Waals surface area contributed by atoms with Gasteiger partial charge in [-0.05, 0) is 36.2 Å². The molecule has 0 saturated carbocycles. The van der Waals surface area contributed by atoms with Gasteiger partial charge in [-0.3, -0.25) is 14.4 Å². The van der Waals surface area contributed by atoms with Crippen molar-refractivity contribution in [3.8, 4) is 5.75 Å². The van der Waals surface area contributed by atoms with Gasteiger partial charge < -0.3 is 20.1 Å². The van der Waals surface area contributed by atoms with Gasteiger partial charge in [-0.15, -0.1) is 0 Å². The highest BCUT2D eigenvalue weighted by molar-refractivity contribution is 6.30. The minimum Gasteiger partial charge on any atom is -0.484 e. The van der Waals surface area contributed by atoms with Crippen LogP contribution in [0.3, 0.4) is 0 Å². The number of carbonyl (C=O) groups excluding carboxylic acids is 3. The van der Waals surface area contributed by atoms with Crippen LogP contribution in [0.2, 0.25) is 5.02 Å². The molecular formula is C20H21ClN2O5. The molecule has 0 unspecified atom stereocenters. The van der Waals surface area contributed by atoms with Gasteiger partial charge in [0, 0.05) is 11.6 Å². The Morgan fingerprint density at radius 2 is 1.64 bits per heavy atom. The van der Waals surface area contributed by atoms with E-state index in [0.717, 1.165) is 5.56 Å². The molecule has 0 atom stereocenters. The SMILES string of the molecule is O=C(COC(=O)CNC(=O)COc1ccccc1)NCCc1cccc(Cl)c1. The molecule has 2 amide bonds. The van der Waals surface area contributed by atoms with Crippen LogP contribution in [0.5, 0.6) is 5.75 Å². The number of amides is 2. The van der Waals surface area contributed by atoms with E-state index in [1.54, 1.807) is 30.3 Å². The van der Waals surface area contributed by atoms with E-state index in [4.69, 9.17) is 21.1 Å². The molecule has 0 aliphatic carbocycles. The molecule has 0 fully saturated rings. The van der Waals surface area contributed by atoms with Crippen molar-refractivity contribution in [3.05, 3.63) is 65.2 Å². The zero-order valence-corrected chi connectivity index (χ0v) is 15.9. The zero-order chi connectivity index (χ0) is 20.2. The van der Waals surface area contributed by atoms with Gasteiger partial charge in [-0.1, -0.05) is 41.9 Å². The standard InChI is InChI=1S/C20H21ClN2O5/c21-16-6-4-5-15(11-16)9-10-22-18(24)14-28-20(26)12-23-19(25)13-27-17-7-2-1-3-8-17/h1-8,11H,9-10,12-14H2,(H,22,24)(H,23,25). The summed E-state index contributed by atoms with van der Waals surface area (Å²) in [7, 11) is 0. The van der Waals surface area contributed by atoms with Crippen LogP contribution in [-0.4, -0.2) is 44.1 Å². The number of halogens is 1. The van der Waals surface area contributed by atoms with Crippen LogP contribution >= 0.6 is 11.6 Å². The summed E-state index contributed by atoms with van der Waals surface area (Å²) in [6.07, 6.45) is 0.609. The van der Waals surface area contributed by atoms with Crippen LogP contribution in [0.1, 0.15) is 5.56 Å². The summed E-state index contributed by atoms with van der Waals surface area (Å²) in [6, 6.07) is 16.2. The van der Waals surface area contributed by atoms with Crippen molar-refractivity contribution in [2.24, 2.45) is 0 Å². The van der Waals surface area contributed by atoms with Crippen molar-refractivity contribution in [1.29, 1.82) is 0 Å². The number of esters is 1. The Labute approximate surface area is 168 Å². The number of rotatable bonds is 10. The minimum absolute atomic E-state index is 0.221. The third-order valence-electron chi connectivity index (χ3n) is 3.53. The number of para-hydroxylation sites is 1. The molecule has 0 heterocycles. The highest BCUT2D eigenvalue weighted by Gasteiger charge is 2.10. The van der Waals surface area contributed by atoms with Gasteiger partial charge in [0.1, 0.15) is 12.3 Å². The fraction of sp³-hybridized carbons (Fsp3) is 0.250. The Morgan fingerprint density at radius 1 is 0.893 bits per heavy atom. The molecular weight excluding hydrogens is 384 g/mol. The highest BCUT2D eigenvalue weighted by atomic mass is 35.5. The maximum Gasteiger partial charge on any atom is 0.325 e. The highest BCUT2D eigenvalue weighted by Crippen LogP contribution is 2.10. The van der Waals surface area contributed by atoms with Gasteiger partial charge in [-0.25, -0.2) is 0 Å². The average molecular weight is 405 g/mol. The third-order valence-corrected chi connectivity index (χ3v) is 3.77. The first-order valence-corrected chi connectivity index (χ1v) is 9.02. The Morgan fingerprint density at radius 3 is 2.39 bits per heavy atom. The number of hydrogen-bond donors (Lipinski definition) is 2. The maximum absolute atomic E-state index is 11.7. The molecule has 148 valence electrons. The normalized spacial score (nSPS) is 10.0. The topological polar surface area (TPSA) is 93.7 Å². The maximum atomic E-state index is 11.7. The second-order valence-electron chi connectivity index (χ2n) is 5.77. The van der Waals surface area contributed by atoms with Crippen molar-refractivity contribution >= 4 is 29.4 Å². The van der Waals surface area contributed by atoms with E-state index in [9.17, 15) is 14.4 Å². The lowest BCUT2D eigenvalue weighted by molar-refractivity contribution is -0.148. The molecule has 0 saturated heterocycles. The van der Waals surface area contributed by atoms with Crippen LogP contribution in [0, 0.1) is 0 Å². The number of ether oxygens (including phenoxy) is 2. The first-order chi connectivity index (χ1) is 13.5. The molecule has 0 aliphatic heterocycles. The quantitative estimate of drug-likeness (QED) is 0.588. The lowest BCUT2D eigenvalue weighted by Gasteiger charge is -2.08. The summed E-state index contributed by atoms with van der Waals surface area (Å²) in [6.45, 7) is -0.580. The fourth-order valence-corrected chi connectivity index (χ4v) is 2.39. The molecule has 28 heavy (non-hydrogen) atoms. The second-order valence-corrected chi connectivity index (χ2v) is 6.21. The van der Waals surface area contributed by atoms with E-state index < -0.39 is 24.4 Å². The van der Waals surface area contributed by atoms with E-state index in [1.165, 1.54) is 0 Å². The summed E-state index contributed by atoms with van der Waals surface area (Å²) in [4.78, 5) is 34.9. The monoisotopic (exact) mass is 404 g/mol. The lowest BCUT2D eigenvalue weighted by atomic mass is 10.1. The molecule has 0 bridgehead atoms. The summed E-state index contributed by atoms with van der Waals surface area (Å²) < 4.78 is 10.1. The van der Waals surface area contributed by atoms with Crippen molar-refractivity contribution < 1.29 is 23.9 Å². The van der Waals surface area contributed by atoms with Gasteiger partial charge in [0.2, 0.25) is 0 Å². The van der Waals surface area contributed by atoms with Gasteiger partial charge in [0.25, 0.3) is 11.8 Å². The minimum atomic E-state index is -0.710. The molecule has 0 aromatic heterocycles. The molecule has 0 spiro atoms. The van der Waals surface area contributed by atoms with E-state index in [0.29, 0.717) is 23.7 Å².